The Bertz CT molecular complexity index is 708. The van der Waals surface area contributed by atoms with Crippen molar-refractivity contribution in [2.75, 3.05) is 19.6 Å². The maximum Gasteiger partial charge on any atom is 0.224 e. The molecule has 1 heterocycles. The maximum absolute atomic E-state index is 12.4. The minimum absolute atomic E-state index is 0.00700. The van der Waals surface area contributed by atoms with E-state index in [1.54, 1.807) is 6.92 Å². The third-order valence-electron chi connectivity index (χ3n) is 5.67. The summed E-state index contributed by atoms with van der Waals surface area (Å²) in [6.07, 6.45) is 3.06. The predicted molar refractivity (Wildman–Crippen MR) is 98.4 cm³/mol. The Morgan fingerprint density at radius 2 is 1.81 bits per heavy atom. The zero-order valence-electron chi connectivity index (χ0n) is 15.5. The number of hydrogen-bond donors (Lipinski definition) is 2. The van der Waals surface area contributed by atoms with Crippen LogP contribution in [0.4, 0.5) is 0 Å². The van der Waals surface area contributed by atoms with E-state index in [9.17, 15) is 14.4 Å². The van der Waals surface area contributed by atoms with Crippen LogP contribution >= 0.6 is 0 Å². The molecule has 1 saturated heterocycles. The first-order chi connectivity index (χ1) is 12.4. The van der Waals surface area contributed by atoms with Gasteiger partial charge in [-0.25, -0.2) is 0 Å². The van der Waals surface area contributed by atoms with Crippen molar-refractivity contribution in [2.45, 2.75) is 51.0 Å². The minimum Gasteiger partial charge on any atom is -0.356 e. The van der Waals surface area contributed by atoms with Gasteiger partial charge in [0.2, 0.25) is 17.7 Å². The SMILES string of the molecule is CC(=O)NCCC(=O)N1CCC2(CC1)CC(NC(C)=O)c1ccccc12. The average molecular weight is 357 g/mol. The molecule has 1 unspecified atom stereocenters. The van der Waals surface area contributed by atoms with E-state index >= 15 is 0 Å². The Kier molecular flexibility index (Phi) is 5.30. The zero-order valence-corrected chi connectivity index (χ0v) is 15.5. The van der Waals surface area contributed by atoms with Gasteiger partial charge in [-0.2, -0.15) is 0 Å². The van der Waals surface area contributed by atoms with Crippen molar-refractivity contribution in [1.29, 1.82) is 0 Å². The Hall–Kier alpha value is -2.37. The van der Waals surface area contributed by atoms with E-state index in [1.165, 1.54) is 18.1 Å². The van der Waals surface area contributed by atoms with Crippen LogP contribution in [0.1, 0.15) is 56.7 Å². The summed E-state index contributed by atoms with van der Waals surface area (Å²) in [7, 11) is 0. The molecule has 0 saturated carbocycles. The van der Waals surface area contributed by atoms with Crippen molar-refractivity contribution >= 4 is 17.7 Å². The molecule has 6 nitrogen and oxygen atoms in total. The average Bonchev–Trinajstić information content (AvgIpc) is 2.88. The van der Waals surface area contributed by atoms with Crippen molar-refractivity contribution in [3.05, 3.63) is 35.4 Å². The summed E-state index contributed by atoms with van der Waals surface area (Å²) in [5.41, 5.74) is 2.58. The van der Waals surface area contributed by atoms with E-state index in [4.69, 9.17) is 0 Å². The van der Waals surface area contributed by atoms with E-state index in [0.29, 0.717) is 13.0 Å². The van der Waals surface area contributed by atoms with Crippen molar-refractivity contribution in [2.24, 2.45) is 0 Å². The highest BCUT2D eigenvalue weighted by Crippen LogP contribution is 2.50. The smallest absolute Gasteiger partial charge is 0.224 e. The predicted octanol–water partition coefficient (Wildman–Crippen LogP) is 1.65. The van der Waals surface area contributed by atoms with Gasteiger partial charge >= 0.3 is 0 Å². The number of nitrogens with one attached hydrogen (secondary N) is 2. The molecule has 26 heavy (non-hydrogen) atoms. The topological polar surface area (TPSA) is 78.5 Å². The number of piperidine rings is 1. The summed E-state index contributed by atoms with van der Waals surface area (Å²) in [6, 6.07) is 8.42. The molecule has 0 radical (unpaired) electrons. The molecule has 3 amide bonds. The van der Waals surface area contributed by atoms with Crippen molar-refractivity contribution in [1.82, 2.24) is 15.5 Å². The van der Waals surface area contributed by atoms with Gasteiger partial charge in [0.05, 0.1) is 6.04 Å². The fourth-order valence-corrected chi connectivity index (χ4v) is 4.43. The number of fused-ring (bicyclic) bond motifs is 2. The molecule has 1 spiro atoms. The highest BCUT2D eigenvalue weighted by atomic mass is 16.2. The van der Waals surface area contributed by atoms with Gasteiger partial charge in [-0.15, -0.1) is 0 Å². The van der Waals surface area contributed by atoms with Crippen LogP contribution in [0.2, 0.25) is 0 Å². The molecule has 1 aromatic rings. The molecule has 1 aromatic carbocycles. The quantitative estimate of drug-likeness (QED) is 0.860. The Morgan fingerprint density at radius 3 is 2.46 bits per heavy atom. The van der Waals surface area contributed by atoms with Gasteiger partial charge in [-0.1, -0.05) is 24.3 Å². The van der Waals surface area contributed by atoms with Gasteiger partial charge in [0.1, 0.15) is 0 Å². The van der Waals surface area contributed by atoms with Crippen LogP contribution in [0, 0.1) is 0 Å². The molecule has 1 aliphatic heterocycles. The lowest BCUT2D eigenvalue weighted by atomic mass is 9.73. The lowest BCUT2D eigenvalue weighted by Crippen LogP contribution is -2.45. The molecule has 1 fully saturated rings. The lowest BCUT2D eigenvalue weighted by molar-refractivity contribution is -0.132. The summed E-state index contributed by atoms with van der Waals surface area (Å²) in [6.45, 7) is 4.85. The Morgan fingerprint density at radius 1 is 1.12 bits per heavy atom. The highest BCUT2D eigenvalue weighted by molar-refractivity contribution is 5.78. The van der Waals surface area contributed by atoms with Gasteiger partial charge in [-0.05, 0) is 30.4 Å². The number of nitrogens with zero attached hydrogens (tertiary/aromatic N) is 1. The first kappa shape index (κ1) is 18.4. The normalized spacial score (nSPS) is 20.5. The molecule has 0 bridgehead atoms. The second-order valence-electron chi connectivity index (χ2n) is 7.44. The van der Waals surface area contributed by atoms with Gasteiger partial charge in [0.25, 0.3) is 0 Å². The van der Waals surface area contributed by atoms with E-state index < -0.39 is 0 Å². The zero-order chi connectivity index (χ0) is 18.7. The molecule has 2 aliphatic rings. The van der Waals surface area contributed by atoms with Crippen LogP contribution in [0.5, 0.6) is 0 Å². The molecule has 6 heteroatoms. The van der Waals surface area contributed by atoms with Gasteiger partial charge < -0.3 is 15.5 Å². The number of rotatable bonds is 4. The second-order valence-corrected chi connectivity index (χ2v) is 7.44. The first-order valence-electron chi connectivity index (χ1n) is 9.30. The summed E-state index contributed by atoms with van der Waals surface area (Å²) in [5, 5.41) is 5.76. The summed E-state index contributed by atoms with van der Waals surface area (Å²) >= 11 is 0. The fourth-order valence-electron chi connectivity index (χ4n) is 4.43. The van der Waals surface area contributed by atoms with Crippen LogP contribution in [0.25, 0.3) is 0 Å². The molecule has 1 atom stereocenters. The first-order valence-corrected chi connectivity index (χ1v) is 9.30. The lowest BCUT2D eigenvalue weighted by Gasteiger charge is -2.40. The van der Waals surface area contributed by atoms with Gasteiger partial charge in [0, 0.05) is 45.3 Å². The van der Waals surface area contributed by atoms with Crippen molar-refractivity contribution in [3.63, 3.8) is 0 Å². The monoisotopic (exact) mass is 357 g/mol. The van der Waals surface area contributed by atoms with Crippen LogP contribution in [0.15, 0.2) is 24.3 Å². The Labute approximate surface area is 154 Å². The Balaban J connectivity index is 1.65. The van der Waals surface area contributed by atoms with E-state index in [2.05, 4.69) is 28.8 Å². The standard InChI is InChI=1S/C20H27N3O3/c1-14(24)21-10-7-19(26)23-11-8-20(9-12-23)13-18(22-15(2)25)16-5-3-4-6-17(16)20/h3-6,18H,7-13H2,1-2H3,(H,21,24)(H,22,25). The van der Waals surface area contributed by atoms with E-state index in [0.717, 1.165) is 32.4 Å². The van der Waals surface area contributed by atoms with Crippen molar-refractivity contribution < 1.29 is 14.4 Å². The fraction of sp³-hybridized carbons (Fsp3) is 0.550. The summed E-state index contributed by atoms with van der Waals surface area (Å²) in [5.74, 6) is -0.0206. The molecule has 140 valence electrons. The number of likely N-dealkylation sites (tertiary alicyclic amines) is 1. The van der Waals surface area contributed by atoms with Crippen LogP contribution in [0.3, 0.4) is 0 Å². The summed E-state index contributed by atoms with van der Waals surface area (Å²) < 4.78 is 0. The second kappa shape index (κ2) is 7.48. The van der Waals surface area contributed by atoms with Gasteiger partial charge in [0.15, 0.2) is 0 Å². The maximum atomic E-state index is 12.4. The largest absolute Gasteiger partial charge is 0.356 e. The van der Waals surface area contributed by atoms with Crippen molar-refractivity contribution in [3.8, 4) is 0 Å². The van der Waals surface area contributed by atoms with Crippen LogP contribution in [-0.4, -0.2) is 42.3 Å². The third kappa shape index (κ3) is 3.74. The van der Waals surface area contributed by atoms with E-state index in [-0.39, 0.29) is 29.2 Å². The molecule has 0 aromatic heterocycles. The molecular weight excluding hydrogens is 330 g/mol. The third-order valence-corrected chi connectivity index (χ3v) is 5.67. The molecule has 3 rings (SSSR count). The molecule has 2 N–H and O–H groups in total. The number of hydrogen-bond acceptors (Lipinski definition) is 3. The number of amides is 3. The summed E-state index contributed by atoms with van der Waals surface area (Å²) in [4.78, 5) is 36.8. The molecule has 1 aliphatic carbocycles. The number of benzene rings is 1. The minimum atomic E-state index is -0.109. The molecular formula is C20H27N3O3. The van der Waals surface area contributed by atoms with Crippen LogP contribution < -0.4 is 10.6 Å². The van der Waals surface area contributed by atoms with Crippen LogP contribution in [-0.2, 0) is 19.8 Å². The van der Waals surface area contributed by atoms with Gasteiger partial charge in [-0.3, -0.25) is 14.4 Å². The number of carbonyl (C=O) groups excluding carboxylic acids is 3. The highest BCUT2D eigenvalue weighted by Gasteiger charge is 2.45. The number of carbonyl (C=O) groups is 3. The van der Waals surface area contributed by atoms with E-state index in [1.807, 2.05) is 11.0 Å².